The maximum atomic E-state index is 10.4. The first-order chi connectivity index (χ1) is 8.75. The molecule has 0 aliphatic heterocycles. The van der Waals surface area contributed by atoms with Gasteiger partial charge in [0.1, 0.15) is 6.61 Å². The Morgan fingerprint density at radius 1 is 1.28 bits per heavy atom. The molecule has 0 unspecified atom stereocenters. The quantitative estimate of drug-likeness (QED) is 0.805. The van der Waals surface area contributed by atoms with E-state index in [-0.39, 0.29) is 12.7 Å². The van der Waals surface area contributed by atoms with Crippen LogP contribution >= 0.6 is 0 Å². The summed E-state index contributed by atoms with van der Waals surface area (Å²) in [7, 11) is 0. The lowest BCUT2D eigenvalue weighted by molar-refractivity contribution is -0.150. The lowest BCUT2D eigenvalue weighted by Gasteiger charge is -2.35. The highest BCUT2D eigenvalue weighted by Gasteiger charge is 2.32. The Bertz CT molecular complexity index is 377. The third kappa shape index (κ3) is 3.82. The lowest BCUT2D eigenvalue weighted by Crippen LogP contribution is -2.38. The number of hydrogen-bond acceptors (Lipinski definition) is 3. The van der Waals surface area contributed by atoms with Crippen molar-refractivity contribution in [2.24, 2.45) is 5.92 Å². The Kier molecular flexibility index (Phi) is 4.73. The topological polar surface area (TPSA) is 55.8 Å². The molecule has 18 heavy (non-hydrogen) atoms. The summed E-state index contributed by atoms with van der Waals surface area (Å²) < 4.78 is 10.9. The second kappa shape index (κ2) is 6.52. The summed E-state index contributed by atoms with van der Waals surface area (Å²) >= 11 is 0. The molecule has 1 aliphatic carbocycles. The van der Waals surface area contributed by atoms with Gasteiger partial charge in [0.15, 0.2) is 0 Å². The molecule has 98 valence electrons. The summed E-state index contributed by atoms with van der Waals surface area (Å²) in [4.78, 5) is 10.4. The first-order valence-corrected chi connectivity index (χ1v) is 6.21. The molecule has 0 heterocycles. The zero-order valence-corrected chi connectivity index (χ0v) is 10.2. The van der Waals surface area contributed by atoms with Crippen LogP contribution in [0.15, 0.2) is 30.3 Å². The van der Waals surface area contributed by atoms with E-state index in [1.165, 1.54) is 0 Å². The van der Waals surface area contributed by atoms with E-state index in [0.29, 0.717) is 19.1 Å². The lowest BCUT2D eigenvalue weighted by atomic mass is 9.82. The predicted octanol–water partition coefficient (Wildman–Crippen LogP) is 2.08. The minimum absolute atomic E-state index is 0.0527. The van der Waals surface area contributed by atoms with Crippen molar-refractivity contribution < 1.29 is 19.4 Å². The standard InChI is InChI=1S/C14H18O4/c15-14(16)10-18-13-7-6-12(13)9-17-8-11-4-2-1-3-5-11/h1-5,12-13H,6-10H2,(H,15,16)/t12-,13-/m1/s1. The van der Waals surface area contributed by atoms with Crippen LogP contribution in [0.25, 0.3) is 0 Å². The van der Waals surface area contributed by atoms with Crippen LogP contribution in [-0.4, -0.2) is 30.4 Å². The molecule has 0 amide bonds. The van der Waals surface area contributed by atoms with E-state index in [1.807, 2.05) is 30.3 Å². The molecule has 0 saturated heterocycles. The molecular formula is C14H18O4. The van der Waals surface area contributed by atoms with Crippen LogP contribution in [0.4, 0.5) is 0 Å². The Balaban J connectivity index is 1.63. The molecule has 2 atom stereocenters. The normalized spacial score (nSPS) is 22.4. The zero-order valence-electron chi connectivity index (χ0n) is 10.2. The highest BCUT2D eigenvalue weighted by Crippen LogP contribution is 2.30. The molecule has 1 saturated carbocycles. The molecule has 4 heteroatoms. The van der Waals surface area contributed by atoms with Crippen molar-refractivity contribution in [3.8, 4) is 0 Å². The van der Waals surface area contributed by atoms with Crippen molar-refractivity contribution in [2.45, 2.75) is 25.6 Å². The van der Waals surface area contributed by atoms with Gasteiger partial charge in [0.25, 0.3) is 0 Å². The molecule has 2 rings (SSSR count). The molecule has 0 spiro atoms. The van der Waals surface area contributed by atoms with E-state index >= 15 is 0 Å². The molecule has 1 aliphatic rings. The summed E-state index contributed by atoms with van der Waals surface area (Å²) in [6, 6.07) is 10.0. The fourth-order valence-corrected chi connectivity index (χ4v) is 2.03. The second-order valence-corrected chi connectivity index (χ2v) is 4.58. The van der Waals surface area contributed by atoms with Crippen LogP contribution in [0.1, 0.15) is 18.4 Å². The molecule has 0 bridgehead atoms. The van der Waals surface area contributed by atoms with Gasteiger partial charge in [0, 0.05) is 5.92 Å². The Morgan fingerprint density at radius 2 is 2.06 bits per heavy atom. The minimum atomic E-state index is -0.911. The average molecular weight is 250 g/mol. The van der Waals surface area contributed by atoms with Gasteiger partial charge in [-0.3, -0.25) is 0 Å². The van der Waals surface area contributed by atoms with E-state index < -0.39 is 5.97 Å². The van der Waals surface area contributed by atoms with E-state index in [2.05, 4.69) is 0 Å². The molecule has 1 aromatic rings. The van der Waals surface area contributed by atoms with Gasteiger partial charge in [-0.05, 0) is 18.4 Å². The van der Waals surface area contributed by atoms with Gasteiger partial charge in [-0.1, -0.05) is 30.3 Å². The number of carbonyl (C=O) groups is 1. The summed E-state index contributed by atoms with van der Waals surface area (Å²) in [5.41, 5.74) is 1.15. The van der Waals surface area contributed by atoms with Gasteiger partial charge in [-0.2, -0.15) is 0 Å². The summed E-state index contributed by atoms with van der Waals surface area (Å²) in [6.07, 6.45) is 2.04. The van der Waals surface area contributed by atoms with Gasteiger partial charge in [-0.15, -0.1) is 0 Å². The molecule has 4 nitrogen and oxygen atoms in total. The third-order valence-electron chi connectivity index (χ3n) is 3.21. The highest BCUT2D eigenvalue weighted by molar-refractivity contribution is 5.68. The first-order valence-electron chi connectivity index (χ1n) is 6.21. The van der Waals surface area contributed by atoms with Crippen LogP contribution in [0.5, 0.6) is 0 Å². The summed E-state index contributed by atoms with van der Waals surface area (Å²) in [5, 5.41) is 8.54. The van der Waals surface area contributed by atoms with Gasteiger partial charge >= 0.3 is 5.97 Å². The Labute approximate surface area is 107 Å². The minimum Gasteiger partial charge on any atom is -0.480 e. The average Bonchev–Trinajstić information content (AvgIpc) is 2.34. The number of hydrogen-bond donors (Lipinski definition) is 1. The number of ether oxygens (including phenoxy) is 2. The maximum absolute atomic E-state index is 10.4. The fourth-order valence-electron chi connectivity index (χ4n) is 2.03. The molecule has 0 aromatic heterocycles. The van der Waals surface area contributed by atoms with E-state index in [0.717, 1.165) is 18.4 Å². The molecule has 0 radical (unpaired) electrons. The van der Waals surface area contributed by atoms with Crippen molar-refractivity contribution in [3.05, 3.63) is 35.9 Å². The molecule has 1 N–H and O–H groups in total. The van der Waals surface area contributed by atoms with Gasteiger partial charge in [0.2, 0.25) is 0 Å². The maximum Gasteiger partial charge on any atom is 0.329 e. The number of aliphatic carboxylic acids is 1. The van der Waals surface area contributed by atoms with Crippen LogP contribution in [0.2, 0.25) is 0 Å². The van der Waals surface area contributed by atoms with Crippen LogP contribution in [-0.2, 0) is 20.9 Å². The zero-order chi connectivity index (χ0) is 12.8. The second-order valence-electron chi connectivity index (χ2n) is 4.58. The Morgan fingerprint density at radius 3 is 2.67 bits per heavy atom. The van der Waals surface area contributed by atoms with Gasteiger partial charge in [-0.25, -0.2) is 4.79 Å². The summed E-state index contributed by atoms with van der Waals surface area (Å²) in [6.45, 7) is 1.03. The number of carboxylic acids is 1. The molecule has 1 aromatic carbocycles. The predicted molar refractivity (Wildman–Crippen MR) is 66.2 cm³/mol. The van der Waals surface area contributed by atoms with Crippen LogP contribution < -0.4 is 0 Å². The van der Waals surface area contributed by atoms with E-state index in [9.17, 15) is 4.79 Å². The third-order valence-corrected chi connectivity index (χ3v) is 3.21. The van der Waals surface area contributed by atoms with Crippen molar-refractivity contribution in [1.29, 1.82) is 0 Å². The van der Waals surface area contributed by atoms with Gasteiger partial charge in [0.05, 0.1) is 19.3 Å². The van der Waals surface area contributed by atoms with E-state index in [4.69, 9.17) is 14.6 Å². The smallest absolute Gasteiger partial charge is 0.329 e. The fraction of sp³-hybridized carbons (Fsp3) is 0.500. The highest BCUT2D eigenvalue weighted by atomic mass is 16.5. The molecular weight excluding hydrogens is 232 g/mol. The largest absolute Gasteiger partial charge is 0.480 e. The number of carboxylic acid groups (broad SMARTS) is 1. The van der Waals surface area contributed by atoms with Crippen molar-refractivity contribution >= 4 is 5.97 Å². The summed E-state index contributed by atoms with van der Waals surface area (Å²) in [5.74, 6) is -0.570. The monoisotopic (exact) mass is 250 g/mol. The number of rotatable bonds is 7. The molecule has 1 fully saturated rings. The van der Waals surface area contributed by atoms with Gasteiger partial charge < -0.3 is 14.6 Å². The SMILES string of the molecule is O=C(O)CO[C@@H]1CC[C@@H]1COCc1ccccc1. The van der Waals surface area contributed by atoms with Crippen molar-refractivity contribution in [1.82, 2.24) is 0 Å². The van der Waals surface area contributed by atoms with E-state index in [1.54, 1.807) is 0 Å². The Hall–Kier alpha value is -1.39. The van der Waals surface area contributed by atoms with Crippen molar-refractivity contribution in [3.63, 3.8) is 0 Å². The van der Waals surface area contributed by atoms with Crippen LogP contribution in [0, 0.1) is 5.92 Å². The van der Waals surface area contributed by atoms with Crippen molar-refractivity contribution in [2.75, 3.05) is 13.2 Å². The number of benzene rings is 1. The first kappa shape index (κ1) is 13.1. The van der Waals surface area contributed by atoms with Crippen LogP contribution in [0.3, 0.4) is 0 Å².